The highest BCUT2D eigenvalue weighted by molar-refractivity contribution is 6.07. The molecule has 3 aromatic rings. The van der Waals surface area contributed by atoms with Crippen LogP contribution in [0.25, 0.3) is 0 Å². The zero-order chi connectivity index (χ0) is 33.6. The van der Waals surface area contributed by atoms with Crippen molar-refractivity contribution in [2.75, 3.05) is 18.9 Å². The monoisotopic (exact) mass is 627 g/mol. The van der Waals surface area contributed by atoms with E-state index in [1.807, 2.05) is 30.3 Å². The molecular weight excluding hydrogens is 586 g/mol. The van der Waals surface area contributed by atoms with Crippen molar-refractivity contribution >= 4 is 41.1 Å². The molecular formula is C33H41N9O4. The molecule has 46 heavy (non-hydrogen) atoms. The second kappa shape index (κ2) is 16.9. The van der Waals surface area contributed by atoms with Crippen LogP contribution in [0.4, 0.5) is 5.69 Å². The van der Waals surface area contributed by atoms with E-state index < -0.39 is 41.6 Å². The van der Waals surface area contributed by atoms with Crippen LogP contribution in [0, 0.1) is 11.3 Å². The number of carbonyl (C=O) groups is 4. The third-order valence-corrected chi connectivity index (χ3v) is 7.36. The van der Waals surface area contributed by atoms with Gasteiger partial charge in [0.15, 0.2) is 5.96 Å². The number of amides is 4. The van der Waals surface area contributed by atoms with Gasteiger partial charge in [-0.15, -0.1) is 0 Å². The molecule has 13 nitrogen and oxygen atoms in total. The summed E-state index contributed by atoms with van der Waals surface area (Å²) in [5.41, 5.74) is 24.3. The molecule has 0 saturated carbocycles. The smallest absolute Gasteiger partial charge is 0.243 e. The van der Waals surface area contributed by atoms with Crippen LogP contribution in [0.5, 0.6) is 0 Å². The molecule has 0 aliphatic rings. The molecule has 0 aliphatic heterocycles. The molecule has 0 fully saturated rings. The maximum Gasteiger partial charge on any atom is 0.243 e. The normalized spacial score (nSPS) is 12.5. The Kier molecular flexibility index (Phi) is 12.8. The van der Waals surface area contributed by atoms with Crippen LogP contribution in [0.15, 0.2) is 89.9 Å². The van der Waals surface area contributed by atoms with E-state index in [9.17, 15) is 19.2 Å². The van der Waals surface area contributed by atoms with Gasteiger partial charge in [-0.25, -0.2) is 0 Å². The number of benzene rings is 3. The minimum Gasteiger partial charge on any atom is -0.384 e. The second-order valence-corrected chi connectivity index (χ2v) is 10.8. The topological polar surface area (TPSA) is 236 Å². The number of anilines is 1. The number of para-hydroxylation sites is 1. The average Bonchev–Trinajstić information content (AvgIpc) is 3.04. The third-order valence-electron chi connectivity index (χ3n) is 7.36. The van der Waals surface area contributed by atoms with E-state index in [1.54, 1.807) is 54.6 Å². The first-order chi connectivity index (χ1) is 22.0. The third kappa shape index (κ3) is 10.5. The molecule has 13 heteroatoms. The lowest BCUT2D eigenvalue weighted by Gasteiger charge is -2.31. The molecule has 242 valence electrons. The lowest BCUT2D eigenvalue weighted by molar-refractivity contribution is -0.145. The molecule has 0 saturated heterocycles. The summed E-state index contributed by atoms with van der Waals surface area (Å²) in [7, 11) is 1.45. The van der Waals surface area contributed by atoms with E-state index in [1.165, 1.54) is 11.9 Å². The fraction of sp³-hybridized carbons (Fsp3) is 0.273. The molecule has 0 bridgehead atoms. The van der Waals surface area contributed by atoms with Crippen LogP contribution in [0.3, 0.4) is 0 Å². The minimum atomic E-state index is -1.23. The van der Waals surface area contributed by atoms with Gasteiger partial charge >= 0.3 is 0 Å². The lowest BCUT2D eigenvalue weighted by atomic mass is 9.94. The summed E-state index contributed by atoms with van der Waals surface area (Å²) in [6, 6.07) is 22.3. The summed E-state index contributed by atoms with van der Waals surface area (Å²) in [5.74, 6) is -3.97. The highest BCUT2D eigenvalue weighted by Gasteiger charge is 2.36. The number of guanidine groups is 1. The molecule has 3 aromatic carbocycles. The summed E-state index contributed by atoms with van der Waals surface area (Å²) >= 11 is 0. The highest BCUT2D eigenvalue weighted by Crippen LogP contribution is 2.19. The summed E-state index contributed by atoms with van der Waals surface area (Å²) in [6.07, 6.45) is 0.656. The first-order valence-corrected chi connectivity index (χ1v) is 14.7. The van der Waals surface area contributed by atoms with Gasteiger partial charge in [0.1, 0.15) is 23.8 Å². The molecule has 0 aliphatic carbocycles. The number of rotatable bonds is 16. The predicted molar refractivity (Wildman–Crippen MR) is 177 cm³/mol. The summed E-state index contributed by atoms with van der Waals surface area (Å²) in [4.78, 5) is 59.0. The van der Waals surface area contributed by atoms with Crippen molar-refractivity contribution < 1.29 is 19.2 Å². The Morgan fingerprint density at radius 1 is 0.804 bits per heavy atom. The first kappa shape index (κ1) is 34.8. The standard InChI is InChI=1S/C33H41N9O4/c1-42(27(20-21-9-4-2-5-10-21)31(45)41-26(29(36)43)13-8-18-39-33(37)38)32(46)25(30(44)40-24-11-6-3-7-12-24)19-22-14-16-23(17-15-22)28(34)35/h2-7,9-12,14-17,25-27H,8,13,18-20H2,1H3,(H3,34,35)(H2,36,43)(H,40,44)(H,41,45)(H4,37,38,39)/t25?,26-,27-/m0/s1. The van der Waals surface area contributed by atoms with E-state index in [-0.39, 0.29) is 37.6 Å². The van der Waals surface area contributed by atoms with E-state index in [0.717, 1.165) is 5.56 Å². The number of nitrogens with two attached hydrogens (primary N) is 4. The Hall–Kier alpha value is -5.72. The quantitative estimate of drug-likeness (QED) is 0.0523. The van der Waals surface area contributed by atoms with Crippen LogP contribution >= 0.6 is 0 Å². The molecule has 3 atom stereocenters. The Bertz CT molecular complexity index is 1530. The molecule has 3 rings (SSSR count). The number of nitrogen functional groups attached to an aromatic ring is 1. The number of hydrogen-bond donors (Lipinski definition) is 7. The van der Waals surface area contributed by atoms with Gasteiger partial charge < -0.3 is 38.5 Å². The molecule has 0 spiro atoms. The van der Waals surface area contributed by atoms with E-state index in [0.29, 0.717) is 23.2 Å². The van der Waals surface area contributed by atoms with Crippen molar-refractivity contribution in [1.29, 1.82) is 5.41 Å². The molecule has 0 aromatic heterocycles. The number of aliphatic imine (C=N–C) groups is 1. The molecule has 0 radical (unpaired) electrons. The number of nitrogens with zero attached hydrogens (tertiary/aromatic N) is 2. The van der Waals surface area contributed by atoms with Crippen molar-refractivity contribution in [2.24, 2.45) is 33.8 Å². The number of hydrogen-bond acceptors (Lipinski definition) is 6. The van der Waals surface area contributed by atoms with Gasteiger partial charge in [-0.3, -0.25) is 29.6 Å². The summed E-state index contributed by atoms with van der Waals surface area (Å²) < 4.78 is 0. The van der Waals surface area contributed by atoms with Gasteiger partial charge in [-0.05, 0) is 42.5 Å². The van der Waals surface area contributed by atoms with Crippen molar-refractivity contribution in [3.63, 3.8) is 0 Å². The van der Waals surface area contributed by atoms with Crippen molar-refractivity contribution in [3.05, 3.63) is 102 Å². The lowest BCUT2D eigenvalue weighted by Crippen LogP contribution is -2.55. The molecule has 0 heterocycles. The first-order valence-electron chi connectivity index (χ1n) is 14.7. The van der Waals surface area contributed by atoms with Gasteiger partial charge in [0.05, 0.1) is 0 Å². The van der Waals surface area contributed by atoms with Crippen LogP contribution in [-0.4, -0.2) is 66.0 Å². The number of likely N-dealkylation sites (N-methyl/N-ethyl adjacent to an activating group) is 1. The van der Waals surface area contributed by atoms with Crippen LogP contribution < -0.4 is 33.6 Å². The molecule has 4 amide bonds. The summed E-state index contributed by atoms with van der Waals surface area (Å²) in [5, 5.41) is 13.1. The number of amidine groups is 1. The van der Waals surface area contributed by atoms with Crippen molar-refractivity contribution in [3.8, 4) is 0 Å². The van der Waals surface area contributed by atoms with Crippen molar-refractivity contribution in [1.82, 2.24) is 10.2 Å². The zero-order valence-electron chi connectivity index (χ0n) is 25.7. The minimum absolute atomic E-state index is 0.00834. The Labute approximate surface area is 267 Å². The number of nitrogens with one attached hydrogen (secondary N) is 3. The summed E-state index contributed by atoms with van der Waals surface area (Å²) in [6.45, 7) is 0.236. The second-order valence-electron chi connectivity index (χ2n) is 10.8. The fourth-order valence-electron chi connectivity index (χ4n) is 4.80. The fourth-order valence-corrected chi connectivity index (χ4v) is 4.80. The van der Waals surface area contributed by atoms with E-state index >= 15 is 0 Å². The van der Waals surface area contributed by atoms with Gasteiger partial charge in [-0.1, -0.05) is 72.8 Å². The van der Waals surface area contributed by atoms with Gasteiger partial charge in [0, 0.05) is 31.3 Å². The van der Waals surface area contributed by atoms with Gasteiger partial charge in [-0.2, -0.15) is 0 Å². The number of primary amides is 1. The largest absolute Gasteiger partial charge is 0.384 e. The van der Waals surface area contributed by atoms with Crippen molar-refractivity contribution in [2.45, 2.75) is 37.8 Å². The predicted octanol–water partition coefficient (Wildman–Crippen LogP) is 0.861. The van der Waals surface area contributed by atoms with Crippen LogP contribution in [0.1, 0.15) is 29.5 Å². The van der Waals surface area contributed by atoms with Gasteiger partial charge in [0.2, 0.25) is 23.6 Å². The van der Waals surface area contributed by atoms with Gasteiger partial charge in [0.25, 0.3) is 0 Å². The Balaban J connectivity index is 1.92. The molecule has 1 unspecified atom stereocenters. The average molecular weight is 628 g/mol. The van der Waals surface area contributed by atoms with E-state index in [4.69, 9.17) is 28.3 Å². The Morgan fingerprint density at radius 2 is 1.39 bits per heavy atom. The maximum atomic E-state index is 14.2. The Morgan fingerprint density at radius 3 is 1.96 bits per heavy atom. The molecule has 11 N–H and O–H groups in total. The maximum absolute atomic E-state index is 14.2. The number of carbonyl (C=O) groups excluding carboxylic acids is 4. The zero-order valence-corrected chi connectivity index (χ0v) is 25.7. The van der Waals surface area contributed by atoms with Crippen LogP contribution in [0.2, 0.25) is 0 Å². The van der Waals surface area contributed by atoms with Crippen LogP contribution in [-0.2, 0) is 32.0 Å². The SMILES string of the molecule is CN(C(=O)C(Cc1ccc(C(=N)N)cc1)C(=O)Nc1ccccc1)[C@@H](Cc1ccccc1)C(=O)N[C@@H](CCCN=C(N)N)C(N)=O. The highest BCUT2D eigenvalue weighted by atomic mass is 16.2. The van der Waals surface area contributed by atoms with E-state index in [2.05, 4.69) is 15.6 Å².